The molecule has 0 saturated heterocycles. The first kappa shape index (κ1) is 84.4. The Hall–Kier alpha value is -7.60. The van der Waals surface area contributed by atoms with Gasteiger partial charge in [-0.15, -0.1) is 6.42 Å². The minimum atomic E-state index is -2.05. The molecule has 0 bridgehead atoms. The van der Waals surface area contributed by atoms with Gasteiger partial charge in [-0.25, -0.2) is 9.78 Å². The van der Waals surface area contributed by atoms with Gasteiger partial charge in [0.05, 0.1) is 12.4 Å². The van der Waals surface area contributed by atoms with Crippen molar-refractivity contribution in [2.45, 2.75) is 221 Å². The number of nitrogens with zero attached hydrogens (tertiary/aromatic N) is 7. The van der Waals surface area contributed by atoms with Gasteiger partial charge in [-0.3, -0.25) is 68.2 Å². The fraction of sp³-hybridized carbons (Fsp3) is 0.731. The van der Waals surface area contributed by atoms with Crippen LogP contribution in [0.4, 0.5) is 4.79 Å². The SMILES string of the molecule is C#CC(C(=O)N(C)C(C=O)(CC(C)C)NC(C(=O)N(C)C(CC(C)C)C(=O)NC(C)(C=O)NC(=O)N(C)C(C=O)(CC(C)C)NC)C(C)C)N(C)C(=O)C(CC)NC(=O)C(C(=O)C(C)CCCC(=O)NCCc1cnc[nH]1)N(C)C(=O)C(C(C)C)N(C)C(=O)CCC(C)C. The van der Waals surface area contributed by atoms with Crippen molar-refractivity contribution in [2.24, 2.45) is 41.4 Å². The summed E-state index contributed by atoms with van der Waals surface area (Å²) >= 11 is 0. The summed E-state index contributed by atoms with van der Waals surface area (Å²) in [7, 11) is 9.51. The summed E-state index contributed by atoms with van der Waals surface area (Å²) in [6, 6.07) is -9.67. The number of carbonyl (C=O) groups is 13. The van der Waals surface area contributed by atoms with Crippen LogP contribution >= 0.6 is 0 Å². The zero-order valence-corrected chi connectivity index (χ0v) is 60.2. The molecule has 1 heterocycles. The Morgan fingerprint density at radius 2 is 1.24 bits per heavy atom. The molecule has 0 aliphatic heterocycles. The predicted octanol–water partition coefficient (Wildman–Crippen LogP) is 3.27. The molecular weight excluding hydrogens is 1210 g/mol. The molecule has 0 aromatic carbocycles. The van der Waals surface area contributed by atoms with Crippen LogP contribution in [0.1, 0.15) is 167 Å². The molecule has 0 aliphatic carbocycles. The first-order valence-electron chi connectivity index (χ1n) is 32.8. The number of carbonyl (C=O) groups excluding carboxylic acids is 13. The van der Waals surface area contributed by atoms with Gasteiger partial charge in [0.2, 0.25) is 35.4 Å². The van der Waals surface area contributed by atoms with Gasteiger partial charge in [0.1, 0.15) is 18.1 Å². The lowest BCUT2D eigenvalue weighted by atomic mass is 9.91. The number of amides is 10. The fourth-order valence-corrected chi connectivity index (χ4v) is 11.2. The molecule has 0 fully saturated rings. The maximum absolute atomic E-state index is 15.0. The summed E-state index contributed by atoms with van der Waals surface area (Å²) in [5.41, 5.74) is -4.71. The lowest BCUT2D eigenvalue weighted by Crippen LogP contribution is -2.70. The molecule has 10 atom stereocenters. The molecule has 7 N–H and O–H groups in total. The van der Waals surface area contributed by atoms with E-state index in [9.17, 15) is 52.7 Å². The highest BCUT2D eigenvalue weighted by Gasteiger charge is 2.48. The summed E-state index contributed by atoms with van der Waals surface area (Å²) in [5.74, 6) is -6.53. The third-order valence-electron chi connectivity index (χ3n) is 17.1. The Morgan fingerprint density at radius 1 is 0.660 bits per heavy atom. The Bertz CT molecular complexity index is 2770. The highest BCUT2D eigenvalue weighted by molar-refractivity contribution is 6.10. The summed E-state index contributed by atoms with van der Waals surface area (Å²) in [4.78, 5) is 196. The van der Waals surface area contributed by atoms with E-state index in [1.54, 1.807) is 61.6 Å². The monoisotopic (exact) mass is 1320 g/mol. The lowest BCUT2D eigenvalue weighted by Gasteiger charge is -2.45. The molecule has 0 aliphatic rings. The number of aromatic amines is 1. The number of urea groups is 1. The maximum atomic E-state index is 15.0. The number of ketones is 1. The molecule has 27 nitrogen and oxygen atoms in total. The quantitative estimate of drug-likeness (QED) is 0.0214. The number of terminal acetylenes is 1. The van der Waals surface area contributed by atoms with Gasteiger partial charge in [0, 0.05) is 85.9 Å². The minimum Gasteiger partial charge on any atom is -0.356 e. The van der Waals surface area contributed by atoms with E-state index in [0.29, 0.717) is 38.2 Å². The van der Waals surface area contributed by atoms with Crippen LogP contribution in [-0.4, -0.2) is 226 Å². The Kier molecular flexibility index (Phi) is 34.7. The third-order valence-corrected chi connectivity index (χ3v) is 17.1. The van der Waals surface area contributed by atoms with Crippen molar-refractivity contribution in [3.05, 3.63) is 18.2 Å². The number of aldehydes is 3. The van der Waals surface area contributed by atoms with Crippen molar-refractivity contribution in [3.8, 4) is 12.3 Å². The number of likely N-dealkylation sites (N-methyl/N-ethyl adjacent to an activating group) is 7. The average Bonchev–Trinajstić information content (AvgIpc) is 0.823. The molecule has 1 rings (SSSR count). The van der Waals surface area contributed by atoms with E-state index in [2.05, 4.69) is 47.8 Å². The first-order chi connectivity index (χ1) is 43.7. The minimum absolute atomic E-state index is 0.0425. The second-order valence-corrected chi connectivity index (χ2v) is 27.5. The van der Waals surface area contributed by atoms with Crippen molar-refractivity contribution in [2.75, 3.05) is 55.9 Å². The van der Waals surface area contributed by atoms with Crippen molar-refractivity contribution < 1.29 is 62.3 Å². The molecule has 27 heteroatoms. The van der Waals surface area contributed by atoms with Crippen LogP contribution in [0.25, 0.3) is 0 Å². The number of H-pyrrole nitrogens is 1. The molecule has 1 aromatic heterocycles. The number of rotatable bonds is 42. The molecule has 0 spiro atoms. The van der Waals surface area contributed by atoms with Crippen molar-refractivity contribution >= 4 is 77.9 Å². The van der Waals surface area contributed by atoms with E-state index in [1.165, 1.54) is 67.5 Å². The van der Waals surface area contributed by atoms with Gasteiger partial charge in [-0.05, 0) is 94.4 Å². The number of Topliss-reactive ketones (excluding diaryl/α,β-unsaturated/α-hetero) is 1. The normalized spacial score (nSPS) is 15.7. The smallest absolute Gasteiger partial charge is 0.321 e. The fourth-order valence-electron chi connectivity index (χ4n) is 11.2. The van der Waals surface area contributed by atoms with Gasteiger partial charge in [-0.2, -0.15) is 0 Å². The largest absolute Gasteiger partial charge is 0.356 e. The molecule has 1 aromatic rings. The summed E-state index contributed by atoms with van der Waals surface area (Å²) in [5, 5.41) is 16.6. The number of imidazole rings is 1. The molecule has 0 saturated carbocycles. The lowest BCUT2D eigenvalue weighted by molar-refractivity contribution is -0.154. The van der Waals surface area contributed by atoms with Crippen LogP contribution in [0, 0.1) is 53.8 Å². The van der Waals surface area contributed by atoms with Crippen LogP contribution in [-0.2, 0) is 64.0 Å². The highest BCUT2D eigenvalue weighted by Crippen LogP contribution is 2.27. The van der Waals surface area contributed by atoms with E-state index in [0.717, 1.165) is 30.2 Å². The van der Waals surface area contributed by atoms with Crippen LogP contribution in [0.15, 0.2) is 12.5 Å². The molecule has 94 heavy (non-hydrogen) atoms. The van der Waals surface area contributed by atoms with Crippen LogP contribution in [0.2, 0.25) is 0 Å². The standard InChI is InChI=1S/C67H114N14O13/c1-24-49(72-59(89)56(79(21)63(93)55(46(13)14)78(20)53(86)30-29-41(3)4)57(87)47(15)27-26-28-52(85)70-32-31-48-36-69-40-71-48)60(90)76(18)50(25-2)61(91)80(22)67(39-84,35-44(9)10)73-54(45(11)12)62(92)77(19)51(33-42(5)6)58(88)74-65(16,37-82)75-64(94)81(23)66(38-83,68-17)34-43(7)8/h2,36-47,49-51,54-56,68,73H,24,26-35H2,1,3-23H3,(H,69,71)(H,70,85)(H,72,89)(H,74,88)(H,75,94). The zero-order chi connectivity index (χ0) is 72.5. The number of aromatic nitrogens is 2. The van der Waals surface area contributed by atoms with E-state index in [1.807, 2.05) is 41.5 Å². The van der Waals surface area contributed by atoms with E-state index in [-0.39, 0.29) is 86.9 Å². The predicted molar refractivity (Wildman–Crippen MR) is 358 cm³/mol. The molecule has 530 valence electrons. The van der Waals surface area contributed by atoms with Gasteiger partial charge < -0.3 is 55.7 Å². The number of hydrogen-bond donors (Lipinski definition) is 7. The Balaban J connectivity index is 3.79. The van der Waals surface area contributed by atoms with Gasteiger partial charge in [0.25, 0.3) is 11.8 Å². The van der Waals surface area contributed by atoms with Crippen molar-refractivity contribution in [1.29, 1.82) is 0 Å². The number of nitrogens with one attached hydrogen (secondary N) is 7. The van der Waals surface area contributed by atoms with Crippen LogP contribution < -0.4 is 31.9 Å². The molecule has 10 unspecified atom stereocenters. The summed E-state index contributed by atoms with van der Waals surface area (Å²) in [6.07, 6.45) is 12.3. The summed E-state index contributed by atoms with van der Waals surface area (Å²) < 4.78 is 0. The molecule has 10 amide bonds. The topological polar surface area (TPSA) is 342 Å². The summed E-state index contributed by atoms with van der Waals surface area (Å²) in [6.45, 7) is 26.4. The first-order valence-corrected chi connectivity index (χ1v) is 32.8. The highest BCUT2D eigenvalue weighted by atomic mass is 16.2. The van der Waals surface area contributed by atoms with Crippen molar-refractivity contribution in [3.63, 3.8) is 0 Å². The van der Waals surface area contributed by atoms with Gasteiger partial charge >= 0.3 is 6.03 Å². The van der Waals surface area contributed by atoms with Gasteiger partial charge in [0.15, 0.2) is 53.7 Å². The Morgan fingerprint density at radius 3 is 1.71 bits per heavy atom. The van der Waals surface area contributed by atoms with E-state index < -0.39 is 118 Å². The van der Waals surface area contributed by atoms with Gasteiger partial charge in [-0.1, -0.05) is 103 Å². The van der Waals surface area contributed by atoms with E-state index >= 15 is 9.59 Å². The molecular formula is C67H114N14O13. The Labute approximate surface area is 558 Å². The second-order valence-electron chi connectivity index (χ2n) is 27.5. The van der Waals surface area contributed by atoms with Crippen molar-refractivity contribution in [1.82, 2.24) is 71.3 Å². The maximum Gasteiger partial charge on any atom is 0.321 e. The van der Waals surface area contributed by atoms with E-state index in [4.69, 9.17) is 6.42 Å². The zero-order valence-electron chi connectivity index (χ0n) is 60.2. The second kappa shape index (κ2) is 38.7. The number of hydrogen-bond acceptors (Lipinski definition) is 16. The third kappa shape index (κ3) is 23.7. The average molecular weight is 1320 g/mol. The van der Waals surface area contributed by atoms with Crippen LogP contribution in [0.5, 0.6) is 0 Å². The molecule has 0 radical (unpaired) electrons. The van der Waals surface area contributed by atoms with Crippen LogP contribution in [0.3, 0.4) is 0 Å².